The number of hydrogen-bond acceptors (Lipinski definition) is 2. The summed E-state index contributed by atoms with van der Waals surface area (Å²) in [5.74, 6) is -0.571. The summed E-state index contributed by atoms with van der Waals surface area (Å²) in [6.07, 6.45) is 3.67. The lowest BCUT2D eigenvalue weighted by Crippen LogP contribution is -2.42. The molecule has 3 nitrogen and oxygen atoms in total. The van der Waals surface area contributed by atoms with Gasteiger partial charge in [0.05, 0.1) is 5.41 Å². The van der Waals surface area contributed by atoms with Gasteiger partial charge in [0.2, 0.25) is 0 Å². The zero-order valence-electron chi connectivity index (χ0n) is 7.42. The summed E-state index contributed by atoms with van der Waals surface area (Å²) in [4.78, 5) is 13.3. The van der Waals surface area contributed by atoms with Crippen molar-refractivity contribution in [2.45, 2.75) is 31.7 Å². The molecule has 0 amide bonds. The molecule has 2 unspecified atom stereocenters. The lowest BCUT2D eigenvalue weighted by atomic mass is 9.80. The van der Waals surface area contributed by atoms with E-state index >= 15 is 0 Å². The fraction of sp³-hybridized carbons (Fsp3) is 0.889. The summed E-state index contributed by atoms with van der Waals surface area (Å²) in [5.41, 5.74) is -0.350. The van der Waals surface area contributed by atoms with Crippen LogP contribution in [0.4, 0.5) is 0 Å². The monoisotopic (exact) mass is 169 g/mol. The number of likely N-dealkylation sites (tertiary alicyclic amines) is 1. The van der Waals surface area contributed by atoms with Crippen LogP contribution in [0.5, 0.6) is 0 Å². The number of carboxylic acids is 1. The highest BCUT2D eigenvalue weighted by Gasteiger charge is 2.49. The van der Waals surface area contributed by atoms with E-state index in [-0.39, 0.29) is 5.41 Å². The van der Waals surface area contributed by atoms with Crippen molar-refractivity contribution in [3.05, 3.63) is 0 Å². The zero-order valence-corrected chi connectivity index (χ0v) is 7.42. The van der Waals surface area contributed by atoms with Crippen LogP contribution >= 0.6 is 0 Å². The summed E-state index contributed by atoms with van der Waals surface area (Å²) in [6.45, 7) is 0.955. The molecular weight excluding hydrogens is 154 g/mol. The first-order valence-electron chi connectivity index (χ1n) is 4.58. The van der Waals surface area contributed by atoms with Crippen molar-refractivity contribution >= 4 is 5.97 Å². The van der Waals surface area contributed by atoms with Crippen LogP contribution in [0.25, 0.3) is 0 Å². The van der Waals surface area contributed by atoms with Crippen molar-refractivity contribution in [1.29, 1.82) is 0 Å². The van der Waals surface area contributed by atoms with E-state index in [4.69, 9.17) is 5.11 Å². The Morgan fingerprint density at radius 2 is 2.33 bits per heavy atom. The van der Waals surface area contributed by atoms with Crippen LogP contribution in [-0.2, 0) is 4.79 Å². The molecule has 1 saturated heterocycles. The van der Waals surface area contributed by atoms with Crippen LogP contribution in [-0.4, -0.2) is 35.6 Å². The first-order valence-corrected chi connectivity index (χ1v) is 4.58. The maximum Gasteiger partial charge on any atom is 0.309 e. The minimum atomic E-state index is -0.571. The Labute approximate surface area is 72.4 Å². The summed E-state index contributed by atoms with van der Waals surface area (Å²) in [6, 6.07) is 0.537. The maximum atomic E-state index is 11.0. The molecule has 0 aromatic heterocycles. The molecule has 3 heteroatoms. The first-order chi connectivity index (χ1) is 5.64. The smallest absolute Gasteiger partial charge is 0.309 e. The maximum absolute atomic E-state index is 11.0. The second-order valence-electron chi connectivity index (χ2n) is 4.21. The number of fused-ring (bicyclic) bond motifs is 2. The summed E-state index contributed by atoms with van der Waals surface area (Å²) < 4.78 is 0. The lowest BCUT2D eigenvalue weighted by Gasteiger charge is -2.34. The Hall–Kier alpha value is -0.570. The summed E-state index contributed by atoms with van der Waals surface area (Å²) >= 11 is 0. The molecule has 2 fully saturated rings. The lowest BCUT2D eigenvalue weighted by molar-refractivity contribution is -0.150. The van der Waals surface area contributed by atoms with Crippen LogP contribution in [0.15, 0.2) is 0 Å². The van der Waals surface area contributed by atoms with Gasteiger partial charge in [0, 0.05) is 6.04 Å². The molecule has 68 valence electrons. The highest BCUT2D eigenvalue weighted by molar-refractivity contribution is 5.75. The minimum Gasteiger partial charge on any atom is -0.481 e. The van der Waals surface area contributed by atoms with Gasteiger partial charge in [-0.1, -0.05) is 0 Å². The normalized spacial score (nSPS) is 41.6. The van der Waals surface area contributed by atoms with Gasteiger partial charge in [-0.25, -0.2) is 0 Å². The Bertz CT molecular complexity index is 217. The van der Waals surface area contributed by atoms with Crippen molar-refractivity contribution in [3.8, 4) is 0 Å². The molecule has 0 aromatic carbocycles. The van der Waals surface area contributed by atoms with Gasteiger partial charge in [0.1, 0.15) is 0 Å². The molecule has 2 bridgehead atoms. The Kier molecular flexibility index (Phi) is 1.65. The average Bonchev–Trinajstić information content (AvgIpc) is 2.40. The van der Waals surface area contributed by atoms with E-state index in [1.807, 2.05) is 0 Å². The molecule has 2 atom stereocenters. The fourth-order valence-electron chi connectivity index (χ4n) is 2.58. The van der Waals surface area contributed by atoms with E-state index in [0.29, 0.717) is 6.04 Å². The number of carboxylic acid groups (broad SMARTS) is 1. The quantitative estimate of drug-likeness (QED) is 0.635. The number of rotatable bonds is 1. The second-order valence-corrected chi connectivity index (χ2v) is 4.21. The van der Waals surface area contributed by atoms with E-state index in [0.717, 1.165) is 32.2 Å². The molecule has 1 N–H and O–H groups in total. The first kappa shape index (κ1) is 8.05. The van der Waals surface area contributed by atoms with Crippen molar-refractivity contribution in [2.75, 3.05) is 13.6 Å². The SMILES string of the molecule is CN1CCC2(C(=O)O)CCC1C2. The van der Waals surface area contributed by atoms with Crippen LogP contribution in [0.1, 0.15) is 25.7 Å². The predicted molar refractivity (Wildman–Crippen MR) is 45.0 cm³/mol. The van der Waals surface area contributed by atoms with E-state index in [9.17, 15) is 4.79 Å². The van der Waals surface area contributed by atoms with Crippen LogP contribution < -0.4 is 0 Å². The fourth-order valence-corrected chi connectivity index (χ4v) is 2.58. The van der Waals surface area contributed by atoms with Gasteiger partial charge in [0.15, 0.2) is 0 Å². The van der Waals surface area contributed by atoms with E-state index in [1.165, 1.54) is 0 Å². The summed E-state index contributed by atoms with van der Waals surface area (Å²) in [5, 5.41) is 9.08. The molecular formula is C9H15NO2. The standard InChI is InChI=1S/C9H15NO2/c1-10-5-4-9(8(11)12)3-2-7(10)6-9/h7H,2-6H2,1H3,(H,11,12). The second kappa shape index (κ2) is 2.46. The Morgan fingerprint density at radius 3 is 3.00 bits per heavy atom. The third kappa shape index (κ3) is 0.959. The molecule has 2 aliphatic rings. The third-order valence-electron chi connectivity index (χ3n) is 3.60. The number of carbonyl (C=O) groups is 1. The van der Waals surface area contributed by atoms with Crippen molar-refractivity contribution in [1.82, 2.24) is 4.90 Å². The largest absolute Gasteiger partial charge is 0.481 e. The molecule has 0 radical (unpaired) electrons. The van der Waals surface area contributed by atoms with Crippen molar-refractivity contribution in [2.24, 2.45) is 5.41 Å². The molecule has 1 heterocycles. The van der Waals surface area contributed by atoms with Gasteiger partial charge in [-0.15, -0.1) is 0 Å². The van der Waals surface area contributed by atoms with Gasteiger partial charge in [-0.2, -0.15) is 0 Å². The number of hydrogen-bond donors (Lipinski definition) is 1. The van der Waals surface area contributed by atoms with Gasteiger partial charge in [-0.3, -0.25) is 4.79 Å². The average molecular weight is 169 g/mol. The third-order valence-corrected chi connectivity index (χ3v) is 3.60. The van der Waals surface area contributed by atoms with Crippen LogP contribution in [0.3, 0.4) is 0 Å². The molecule has 12 heavy (non-hydrogen) atoms. The molecule has 0 spiro atoms. The van der Waals surface area contributed by atoms with Crippen LogP contribution in [0, 0.1) is 5.41 Å². The Morgan fingerprint density at radius 1 is 1.58 bits per heavy atom. The predicted octanol–water partition coefficient (Wildman–Crippen LogP) is 0.945. The molecule has 1 aliphatic carbocycles. The minimum absolute atomic E-state index is 0.350. The molecule has 0 aromatic rings. The highest BCUT2D eigenvalue weighted by atomic mass is 16.4. The highest BCUT2D eigenvalue weighted by Crippen LogP contribution is 2.46. The van der Waals surface area contributed by atoms with E-state index in [2.05, 4.69) is 11.9 Å². The number of piperidine rings is 1. The topological polar surface area (TPSA) is 40.5 Å². The van der Waals surface area contributed by atoms with Gasteiger partial charge >= 0.3 is 5.97 Å². The van der Waals surface area contributed by atoms with Gasteiger partial charge in [0.25, 0.3) is 0 Å². The number of nitrogens with zero attached hydrogens (tertiary/aromatic N) is 1. The zero-order chi connectivity index (χ0) is 8.77. The van der Waals surface area contributed by atoms with Crippen LogP contribution in [0.2, 0.25) is 0 Å². The van der Waals surface area contributed by atoms with E-state index in [1.54, 1.807) is 0 Å². The molecule has 1 aliphatic heterocycles. The summed E-state index contributed by atoms with van der Waals surface area (Å²) in [7, 11) is 2.10. The van der Waals surface area contributed by atoms with Gasteiger partial charge in [-0.05, 0) is 39.3 Å². The van der Waals surface area contributed by atoms with E-state index < -0.39 is 5.97 Å². The van der Waals surface area contributed by atoms with Crippen molar-refractivity contribution < 1.29 is 9.90 Å². The van der Waals surface area contributed by atoms with Crippen molar-refractivity contribution in [3.63, 3.8) is 0 Å². The number of aliphatic carboxylic acids is 1. The van der Waals surface area contributed by atoms with Gasteiger partial charge < -0.3 is 10.0 Å². The molecule has 1 saturated carbocycles. The Balaban J connectivity index is 2.18. The molecule has 2 rings (SSSR count).